The van der Waals surface area contributed by atoms with Crippen molar-refractivity contribution in [3.05, 3.63) is 35.7 Å². The largest absolute Gasteiger partial charge is 0.493 e. The molecule has 0 radical (unpaired) electrons. The summed E-state index contributed by atoms with van der Waals surface area (Å²) in [7, 11) is 4.89. The highest BCUT2D eigenvalue weighted by atomic mass is 16.5. The molecule has 140 valence electrons. The van der Waals surface area contributed by atoms with Gasteiger partial charge in [0.2, 0.25) is 0 Å². The van der Waals surface area contributed by atoms with E-state index in [4.69, 9.17) is 14.2 Å². The monoisotopic (exact) mass is 360 g/mol. The number of anilines is 1. The summed E-state index contributed by atoms with van der Waals surface area (Å²) in [5, 5.41) is 10.0. The van der Waals surface area contributed by atoms with E-state index in [2.05, 4.69) is 15.7 Å². The lowest BCUT2D eigenvalue weighted by Gasteiger charge is -2.16. The van der Waals surface area contributed by atoms with E-state index in [1.54, 1.807) is 38.4 Å². The number of rotatable bonds is 7. The van der Waals surface area contributed by atoms with Gasteiger partial charge in [-0.2, -0.15) is 5.10 Å². The van der Waals surface area contributed by atoms with Gasteiger partial charge in [-0.1, -0.05) is 6.07 Å². The molecule has 1 unspecified atom stereocenters. The maximum absolute atomic E-state index is 12.3. The highest BCUT2D eigenvalue weighted by Gasteiger charge is 2.28. The molecule has 8 nitrogen and oxygen atoms in total. The van der Waals surface area contributed by atoms with Crippen LogP contribution in [0.4, 0.5) is 10.5 Å². The first kappa shape index (κ1) is 18.1. The van der Waals surface area contributed by atoms with Gasteiger partial charge in [-0.3, -0.25) is 4.68 Å². The van der Waals surface area contributed by atoms with Gasteiger partial charge >= 0.3 is 6.03 Å². The van der Waals surface area contributed by atoms with Crippen molar-refractivity contribution in [1.82, 2.24) is 15.1 Å². The Bertz CT molecular complexity index is 775. The molecule has 0 saturated carbocycles. The van der Waals surface area contributed by atoms with Crippen molar-refractivity contribution in [3.8, 4) is 11.5 Å². The zero-order valence-corrected chi connectivity index (χ0v) is 15.2. The normalized spacial score (nSPS) is 15.4. The third-order valence-corrected chi connectivity index (χ3v) is 4.46. The van der Waals surface area contributed by atoms with E-state index in [0.29, 0.717) is 24.6 Å². The van der Waals surface area contributed by atoms with Gasteiger partial charge in [-0.15, -0.1) is 0 Å². The summed E-state index contributed by atoms with van der Waals surface area (Å²) >= 11 is 0. The topological polar surface area (TPSA) is 86.6 Å². The van der Waals surface area contributed by atoms with Gasteiger partial charge in [0.05, 0.1) is 45.3 Å². The fourth-order valence-corrected chi connectivity index (χ4v) is 3.25. The smallest absolute Gasteiger partial charge is 0.319 e. The van der Waals surface area contributed by atoms with Gasteiger partial charge < -0.3 is 24.8 Å². The first-order valence-electron chi connectivity index (χ1n) is 8.49. The van der Waals surface area contributed by atoms with Crippen LogP contribution in [-0.4, -0.2) is 43.7 Å². The van der Waals surface area contributed by atoms with Crippen molar-refractivity contribution >= 4 is 11.7 Å². The number of amides is 2. The number of methoxy groups -OCH3 is 3. The first-order valence-corrected chi connectivity index (χ1v) is 8.49. The van der Waals surface area contributed by atoms with Gasteiger partial charge in [0.25, 0.3) is 0 Å². The van der Waals surface area contributed by atoms with E-state index in [-0.39, 0.29) is 12.1 Å². The minimum atomic E-state index is -0.260. The molecule has 26 heavy (non-hydrogen) atoms. The number of aromatic nitrogens is 2. The number of fused-ring (bicyclic) bond motifs is 1. The third kappa shape index (κ3) is 3.75. The van der Waals surface area contributed by atoms with Gasteiger partial charge in [0, 0.05) is 18.9 Å². The summed E-state index contributed by atoms with van der Waals surface area (Å²) in [6.45, 7) is 1.20. The van der Waals surface area contributed by atoms with Crippen LogP contribution >= 0.6 is 0 Å². The summed E-state index contributed by atoms with van der Waals surface area (Å²) in [6.07, 6.45) is 5.04. The number of benzene rings is 1. The molecule has 0 saturated heterocycles. The second-order valence-electron chi connectivity index (χ2n) is 6.04. The van der Waals surface area contributed by atoms with E-state index in [9.17, 15) is 4.79 Å². The van der Waals surface area contributed by atoms with Crippen molar-refractivity contribution in [2.24, 2.45) is 0 Å². The highest BCUT2D eigenvalue weighted by molar-refractivity contribution is 5.89. The molecular weight excluding hydrogens is 336 g/mol. The summed E-state index contributed by atoms with van der Waals surface area (Å²) < 4.78 is 17.6. The van der Waals surface area contributed by atoms with Crippen LogP contribution in [0.1, 0.15) is 23.6 Å². The molecule has 0 fully saturated rings. The summed E-state index contributed by atoms with van der Waals surface area (Å²) in [6, 6.07) is 3.53. The van der Waals surface area contributed by atoms with Crippen molar-refractivity contribution in [2.75, 3.05) is 33.3 Å². The predicted molar refractivity (Wildman–Crippen MR) is 96.9 cm³/mol. The lowest BCUT2D eigenvalue weighted by Crippen LogP contribution is -2.31. The maximum atomic E-state index is 12.3. The van der Waals surface area contributed by atoms with Crippen LogP contribution in [0.15, 0.2) is 24.5 Å². The van der Waals surface area contributed by atoms with E-state index < -0.39 is 0 Å². The number of carbonyl (C=O) groups excluding carboxylic acids is 1. The number of hydrogen-bond acceptors (Lipinski definition) is 5. The number of hydrogen-bond donors (Lipinski definition) is 2. The highest BCUT2D eigenvalue weighted by Crippen LogP contribution is 2.42. The number of urea groups is 1. The molecule has 2 aromatic rings. The van der Waals surface area contributed by atoms with Crippen LogP contribution in [0, 0.1) is 0 Å². The van der Waals surface area contributed by atoms with E-state index in [1.807, 2.05) is 12.1 Å². The van der Waals surface area contributed by atoms with Crippen molar-refractivity contribution in [1.29, 1.82) is 0 Å². The SMILES string of the molecule is COCCn1cc(NC(=O)NC2CCc3c2ccc(OC)c3OC)cn1. The molecule has 1 aliphatic rings. The minimum absolute atomic E-state index is 0.0617. The minimum Gasteiger partial charge on any atom is -0.493 e. The van der Waals surface area contributed by atoms with Gasteiger partial charge in [-0.05, 0) is 24.5 Å². The van der Waals surface area contributed by atoms with Crippen LogP contribution in [0.3, 0.4) is 0 Å². The van der Waals surface area contributed by atoms with Crippen molar-refractivity contribution < 1.29 is 19.0 Å². The first-order chi connectivity index (χ1) is 12.7. The Morgan fingerprint density at radius 2 is 2.15 bits per heavy atom. The molecule has 1 aliphatic carbocycles. The van der Waals surface area contributed by atoms with Crippen molar-refractivity contribution in [2.45, 2.75) is 25.4 Å². The lowest BCUT2D eigenvalue weighted by atomic mass is 10.1. The molecule has 0 spiro atoms. The second-order valence-corrected chi connectivity index (χ2v) is 6.04. The average Bonchev–Trinajstić information content (AvgIpc) is 3.26. The van der Waals surface area contributed by atoms with E-state index >= 15 is 0 Å². The Morgan fingerprint density at radius 3 is 2.88 bits per heavy atom. The number of carbonyl (C=O) groups is 1. The fraction of sp³-hybridized carbons (Fsp3) is 0.444. The quantitative estimate of drug-likeness (QED) is 0.792. The Hall–Kier alpha value is -2.74. The standard InChI is InChI=1S/C18H24N4O4/c1-24-9-8-22-11-12(10-19-22)20-18(23)21-15-6-4-14-13(15)5-7-16(25-2)17(14)26-3/h5,7,10-11,15H,4,6,8-9H2,1-3H3,(H2,20,21,23). The van der Waals surface area contributed by atoms with Crippen LogP contribution < -0.4 is 20.1 Å². The Kier molecular flexibility index (Phi) is 5.62. The molecule has 3 rings (SSSR count). The summed E-state index contributed by atoms with van der Waals surface area (Å²) in [4.78, 5) is 12.3. The molecule has 1 aromatic carbocycles. The zero-order valence-electron chi connectivity index (χ0n) is 15.2. The Labute approximate surface area is 152 Å². The lowest BCUT2D eigenvalue weighted by molar-refractivity contribution is 0.183. The molecule has 0 aliphatic heterocycles. The zero-order chi connectivity index (χ0) is 18.5. The Morgan fingerprint density at radius 1 is 1.31 bits per heavy atom. The third-order valence-electron chi connectivity index (χ3n) is 4.46. The van der Waals surface area contributed by atoms with Crippen molar-refractivity contribution in [3.63, 3.8) is 0 Å². The molecule has 0 bridgehead atoms. The summed E-state index contributed by atoms with van der Waals surface area (Å²) in [5.41, 5.74) is 2.79. The van der Waals surface area contributed by atoms with E-state index in [1.165, 1.54) is 0 Å². The molecule has 8 heteroatoms. The summed E-state index contributed by atoms with van der Waals surface area (Å²) in [5.74, 6) is 1.45. The molecule has 1 heterocycles. The van der Waals surface area contributed by atoms with Crippen LogP contribution in [-0.2, 0) is 17.7 Å². The molecule has 1 aromatic heterocycles. The number of ether oxygens (including phenoxy) is 3. The second kappa shape index (κ2) is 8.09. The fourth-order valence-electron chi connectivity index (χ4n) is 3.25. The van der Waals surface area contributed by atoms with Crippen LogP contribution in [0.5, 0.6) is 11.5 Å². The predicted octanol–water partition coefficient (Wildman–Crippen LogP) is 2.36. The molecule has 2 amide bonds. The van der Waals surface area contributed by atoms with Gasteiger partial charge in [-0.25, -0.2) is 4.79 Å². The Balaban J connectivity index is 1.64. The molecule has 1 atom stereocenters. The van der Waals surface area contributed by atoms with Gasteiger partial charge in [0.15, 0.2) is 11.5 Å². The van der Waals surface area contributed by atoms with Gasteiger partial charge in [0.1, 0.15) is 0 Å². The van der Waals surface area contributed by atoms with Crippen LogP contribution in [0.25, 0.3) is 0 Å². The molecular formula is C18H24N4O4. The van der Waals surface area contributed by atoms with Crippen LogP contribution in [0.2, 0.25) is 0 Å². The number of nitrogens with zero attached hydrogens (tertiary/aromatic N) is 2. The molecule has 2 N–H and O–H groups in total. The number of nitrogens with one attached hydrogen (secondary N) is 2. The van der Waals surface area contributed by atoms with E-state index in [0.717, 1.165) is 29.7 Å². The average molecular weight is 360 g/mol. The maximum Gasteiger partial charge on any atom is 0.319 e.